The zero-order valence-corrected chi connectivity index (χ0v) is 9.88. The van der Waals surface area contributed by atoms with E-state index in [1.807, 2.05) is 44.0 Å². The third kappa shape index (κ3) is 6.69. The second kappa shape index (κ2) is 7.01. The molecule has 3 nitrogen and oxygen atoms in total. The average Bonchev–Trinajstić information content (AvgIpc) is 2.10. The Balaban J connectivity index is 4.42. The van der Waals surface area contributed by atoms with Crippen molar-refractivity contribution in [1.29, 1.82) is 5.41 Å². The molecule has 84 valence electrons. The Morgan fingerprint density at radius 2 is 2.07 bits per heavy atom. The fraction of sp³-hybridized carbons (Fsp3) is 0.417. The van der Waals surface area contributed by atoms with E-state index in [2.05, 4.69) is 6.58 Å². The highest BCUT2D eigenvalue weighted by Gasteiger charge is 2.04. The molecule has 15 heavy (non-hydrogen) atoms. The van der Waals surface area contributed by atoms with Crippen molar-refractivity contribution in [3.63, 3.8) is 0 Å². The first-order valence-electron chi connectivity index (χ1n) is 4.96. The Kier molecular flexibility index (Phi) is 6.38. The van der Waals surface area contributed by atoms with Crippen LogP contribution in [0, 0.1) is 5.41 Å². The molecule has 0 saturated carbocycles. The summed E-state index contributed by atoms with van der Waals surface area (Å²) in [7, 11) is 1.94. The Morgan fingerprint density at radius 1 is 1.47 bits per heavy atom. The maximum Gasteiger partial charge on any atom is 0.105 e. The van der Waals surface area contributed by atoms with E-state index in [0.29, 0.717) is 6.54 Å². The van der Waals surface area contributed by atoms with E-state index in [4.69, 9.17) is 11.1 Å². The molecule has 3 heteroatoms. The van der Waals surface area contributed by atoms with Gasteiger partial charge >= 0.3 is 0 Å². The molecule has 0 radical (unpaired) electrons. The molecule has 0 atom stereocenters. The number of hydrogen-bond donors (Lipinski definition) is 2. The lowest BCUT2D eigenvalue weighted by atomic mass is 10.1. The van der Waals surface area contributed by atoms with Crippen molar-refractivity contribution in [2.75, 3.05) is 20.1 Å². The predicted octanol–water partition coefficient (Wildman–Crippen LogP) is 1.93. The molecule has 3 N–H and O–H groups in total. The minimum absolute atomic E-state index is 0.185. The molecule has 0 spiro atoms. The molecule has 0 rings (SSSR count). The second-order valence-corrected chi connectivity index (χ2v) is 3.70. The largest absolute Gasteiger partial charge is 0.387 e. The summed E-state index contributed by atoms with van der Waals surface area (Å²) >= 11 is 0. The van der Waals surface area contributed by atoms with Crippen LogP contribution in [0.4, 0.5) is 0 Å². The summed E-state index contributed by atoms with van der Waals surface area (Å²) in [4.78, 5) is 1.99. The van der Waals surface area contributed by atoms with Crippen LogP contribution in [0.5, 0.6) is 0 Å². The van der Waals surface area contributed by atoms with E-state index in [-0.39, 0.29) is 5.84 Å². The molecule has 0 aliphatic rings. The molecule has 0 amide bonds. The molecule has 0 aromatic heterocycles. The number of nitrogens with one attached hydrogen (secondary N) is 1. The third-order valence-corrected chi connectivity index (χ3v) is 1.92. The quantitative estimate of drug-likeness (QED) is 0.397. The highest BCUT2D eigenvalue weighted by Crippen LogP contribution is 2.08. The molecule has 0 bridgehead atoms. The SMILES string of the molecule is C=C(C)/C(=C\C=C/C)CN(C)CC(=N)N. The number of amidine groups is 1. The van der Waals surface area contributed by atoms with Crippen molar-refractivity contribution in [2.24, 2.45) is 5.73 Å². The molecular weight excluding hydrogens is 186 g/mol. The molecule has 0 heterocycles. The summed E-state index contributed by atoms with van der Waals surface area (Å²) < 4.78 is 0. The molecular formula is C12H21N3. The van der Waals surface area contributed by atoms with Crippen LogP contribution in [0.1, 0.15) is 13.8 Å². The van der Waals surface area contributed by atoms with Gasteiger partial charge in [0.25, 0.3) is 0 Å². The zero-order chi connectivity index (χ0) is 11.8. The Morgan fingerprint density at radius 3 is 2.47 bits per heavy atom. The Labute approximate surface area is 92.5 Å². The topological polar surface area (TPSA) is 53.1 Å². The molecule has 0 aromatic rings. The first-order chi connectivity index (χ1) is 6.97. The van der Waals surface area contributed by atoms with Crippen LogP contribution in [0.3, 0.4) is 0 Å². The first-order valence-corrected chi connectivity index (χ1v) is 4.96. The van der Waals surface area contributed by atoms with E-state index >= 15 is 0 Å². The zero-order valence-electron chi connectivity index (χ0n) is 9.88. The van der Waals surface area contributed by atoms with E-state index < -0.39 is 0 Å². The van der Waals surface area contributed by atoms with E-state index in [1.54, 1.807) is 0 Å². The maximum atomic E-state index is 7.19. The maximum absolute atomic E-state index is 7.19. The van der Waals surface area contributed by atoms with Crippen LogP contribution in [0.15, 0.2) is 36.0 Å². The van der Waals surface area contributed by atoms with Gasteiger partial charge in [-0.1, -0.05) is 30.4 Å². The van der Waals surface area contributed by atoms with Gasteiger partial charge in [-0.2, -0.15) is 0 Å². The predicted molar refractivity (Wildman–Crippen MR) is 67.1 cm³/mol. The van der Waals surface area contributed by atoms with Crippen LogP contribution in [-0.2, 0) is 0 Å². The van der Waals surface area contributed by atoms with Gasteiger partial charge in [0.1, 0.15) is 5.84 Å². The van der Waals surface area contributed by atoms with Gasteiger partial charge in [-0.25, -0.2) is 0 Å². The summed E-state index contributed by atoms with van der Waals surface area (Å²) in [5, 5.41) is 7.19. The monoisotopic (exact) mass is 207 g/mol. The van der Waals surface area contributed by atoms with Gasteiger partial charge in [0, 0.05) is 6.54 Å². The smallest absolute Gasteiger partial charge is 0.105 e. The normalized spacial score (nSPS) is 12.4. The molecule has 0 aliphatic heterocycles. The van der Waals surface area contributed by atoms with Gasteiger partial charge < -0.3 is 5.73 Å². The second-order valence-electron chi connectivity index (χ2n) is 3.70. The highest BCUT2D eigenvalue weighted by molar-refractivity contribution is 5.78. The van der Waals surface area contributed by atoms with Crippen molar-refractivity contribution >= 4 is 5.84 Å². The lowest BCUT2D eigenvalue weighted by molar-refractivity contribution is 0.414. The van der Waals surface area contributed by atoms with Crippen molar-refractivity contribution < 1.29 is 0 Å². The van der Waals surface area contributed by atoms with Crippen molar-refractivity contribution in [3.8, 4) is 0 Å². The van der Waals surface area contributed by atoms with Crippen LogP contribution in [0.25, 0.3) is 0 Å². The highest BCUT2D eigenvalue weighted by atomic mass is 15.1. The van der Waals surface area contributed by atoms with Gasteiger partial charge in [0.15, 0.2) is 0 Å². The van der Waals surface area contributed by atoms with Crippen molar-refractivity contribution in [2.45, 2.75) is 13.8 Å². The third-order valence-electron chi connectivity index (χ3n) is 1.92. The lowest BCUT2D eigenvalue weighted by Gasteiger charge is -2.17. The van der Waals surface area contributed by atoms with E-state index in [0.717, 1.165) is 17.7 Å². The average molecular weight is 207 g/mol. The standard InChI is InChI=1S/C12H21N3/c1-5-6-7-11(10(2)3)8-15(4)9-12(13)14/h5-7H,2,8-9H2,1,3-4H3,(H3,13,14)/b6-5-,11-7-. The fourth-order valence-electron chi connectivity index (χ4n) is 1.18. The van der Waals surface area contributed by atoms with Crippen LogP contribution in [0.2, 0.25) is 0 Å². The number of hydrogen-bond acceptors (Lipinski definition) is 2. The number of nitrogens with zero attached hydrogens (tertiary/aromatic N) is 1. The summed E-state index contributed by atoms with van der Waals surface area (Å²) in [5.41, 5.74) is 7.54. The molecule has 0 unspecified atom stereocenters. The van der Waals surface area contributed by atoms with Gasteiger partial charge in [0.05, 0.1) is 6.54 Å². The lowest BCUT2D eigenvalue weighted by Crippen LogP contribution is -2.31. The van der Waals surface area contributed by atoms with Gasteiger partial charge in [0.2, 0.25) is 0 Å². The minimum atomic E-state index is 0.185. The van der Waals surface area contributed by atoms with Crippen LogP contribution >= 0.6 is 0 Å². The summed E-state index contributed by atoms with van der Waals surface area (Å²) in [5.74, 6) is 0.185. The van der Waals surface area contributed by atoms with Crippen LogP contribution in [-0.4, -0.2) is 30.9 Å². The van der Waals surface area contributed by atoms with E-state index in [9.17, 15) is 0 Å². The minimum Gasteiger partial charge on any atom is -0.387 e. The first kappa shape index (κ1) is 13.7. The van der Waals surface area contributed by atoms with Gasteiger partial charge in [-0.3, -0.25) is 10.3 Å². The van der Waals surface area contributed by atoms with Gasteiger partial charge in [-0.05, 0) is 26.5 Å². The van der Waals surface area contributed by atoms with Crippen molar-refractivity contribution in [1.82, 2.24) is 4.90 Å². The Bertz CT molecular complexity index is 287. The summed E-state index contributed by atoms with van der Waals surface area (Å²) in [6.45, 7) is 9.14. The van der Waals surface area contributed by atoms with E-state index in [1.165, 1.54) is 0 Å². The number of likely N-dealkylation sites (N-methyl/N-ethyl adjacent to an activating group) is 1. The van der Waals surface area contributed by atoms with Crippen LogP contribution < -0.4 is 5.73 Å². The molecule has 0 saturated heterocycles. The molecule has 0 aliphatic carbocycles. The number of rotatable bonds is 6. The molecule has 0 fully saturated rings. The fourth-order valence-corrected chi connectivity index (χ4v) is 1.18. The summed E-state index contributed by atoms with van der Waals surface area (Å²) in [6.07, 6.45) is 6.01. The number of allylic oxidation sites excluding steroid dienone is 3. The molecule has 0 aromatic carbocycles. The Hall–Kier alpha value is -1.35. The van der Waals surface area contributed by atoms with Crippen molar-refractivity contribution in [3.05, 3.63) is 36.0 Å². The summed E-state index contributed by atoms with van der Waals surface area (Å²) in [6, 6.07) is 0. The number of nitrogens with two attached hydrogens (primary N) is 1. The van der Waals surface area contributed by atoms with Gasteiger partial charge in [-0.15, -0.1) is 0 Å².